The third-order valence-electron chi connectivity index (χ3n) is 7.78. The van der Waals surface area contributed by atoms with Crippen molar-refractivity contribution in [2.75, 3.05) is 0 Å². The minimum Gasteiger partial charge on any atom is -0.507 e. The standard InChI is InChI=1S/C20H16N2O.C19H14N2O.2U.2V/c1-14-8-2-5-11-17(14)22-18-12-6-4-10-16(18)21-20(22)15-9-3-7-13-19(15)23;22-18-13-7-4-10-15(18)19-20-16-11-5-6-12-17(16)21(19)14-8-2-1-3-9-14;;;;/h2-13,23H,1H3;1-13,22H;;;;. The van der Waals surface area contributed by atoms with Crippen LogP contribution < -0.4 is 0 Å². The minimum atomic E-state index is 0. The van der Waals surface area contributed by atoms with Crippen LogP contribution in [0.2, 0.25) is 0 Å². The third kappa shape index (κ3) is 8.37. The first-order valence-electron chi connectivity index (χ1n) is 14.7. The van der Waals surface area contributed by atoms with Crippen molar-refractivity contribution in [1.29, 1.82) is 0 Å². The second kappa shape index (κ2) is 18.4. The Bertz CT molecular complexity index is 2290. The van der Waals surface area contributed by atoms with E-state index in [1.165, 1.54) is 0 Å². The van der Waals surface area contributed by atoms with Gasteiger partial charge in [-0.3, -0.25) is 9.13 Å². The average Bonchev–Trinajstić information content (AvgIpc) is 3.65. The molecule has 2 aromatic heterocycles. The van der Waals surface area contributed by atoms with Crippen molar-refractivity contribution in [3.8, 4) is 45.6 Å². The van der Waals surface area contributed by atoms with E-state index in [1.807, 2.05) is 121 Å². The van der Waals surface area contributed by atoms with Crippen molar-refractivity contribution in [2.45, 2.75) is 6.92 Å². The second-order valence-electron chi connectivity index (χ2n) is 10.7. The van der Waals surface area contributed by atoms with Crippen molar-refractivity contribution in [3.05, 3.63) is 157 Å². The van der Waals surface area contributed by atoms with Crippen LogP contribution in [0.5, 0.6) is 11.5 Å². The molecule has 0 atom stereocenters. The van der Waals surface area contributed by atoms with E-state index in [9.17, 15) is 10.2 Å². The Labute approximate surface area is 356 Å². The van der Waals surface area contributed by atoms with Gasteiger partial charge in [0.2, 0.25) is 0 Å². The molecule has 8 rings (SSSR count). The summed E-state index contributed by atoms with van der Waals surface area (Å²) in [5.74, 6) is 1.96. The molecule has 49 heavy (non-hydrogen) atoms. The summed E-state index contributed by atoms with van der Waals surface area (Å²) in [7, 11) is 0. The van der Waals surface area contributed by atoms with Gasteiger partial charge in [-0.05, 0) is 79.2 Å². The maximum absolute atomic E-state index is 10.3. The zero-order chi connectivity index (χ0) is 30.8. The molecule has 0 aliphatic rings. The summed E-state index contributed by atoms with van der Waals surface area (Å²) in [6.45, 7) is 2.08. The van der Waals surface area contributed by atoms with Gasteiger partial charge in [0.1, 0.15) is 23.1 Å². The predicted molar refractivity (Wildman–Crippen MR) is 181 cm³/mol. The first-order valence-corrected chi connectivity index (χ1v) is 14.7. The van der Waals surface area contributed by atoms with Crippen LogP contribution in [0, 0.1) is 69.2 Å². The third-order valence-corrected chi connectivity index (χ3v) is 7.78. The van der Waals surface area contributed by atoms with Crippen LogP contribution in [-0.2, 0) is 37.1 Å². The number of aromatic nitrogens is 4. The summed E-state index contributed by atoms with van der Waals surface area (Å²) in [6.07, 6.45) is 0. The van der Waals surface area contributed by atoms with E-state index in [0.717, 1.165) is 61.8 Å². The number of rotatable bonds is 4. The molecule has 0 amide bonds. The maximum atomic E-state index is 10.3. The van der Waals surface area contributed by atoms with Crippen LogP contribution in [0.1, 0.15) is 5.56 Å². The SMILES string of the molecule is Cc1ccccc1-n1c(-c2ccccc2O)nc2ccccc21.Oc1ccccc1-c1nc2ccccc2n1-c1ccccc1.[U].[U].[V].[V]. The van der Waals surface area contributed by atoms with Crippen LogP contribution in [0.15, 0.2) is 152 Å². The van der Waals surface area contributed by atoms with Crippen molar-refractivity contribution in [3.63, 3.8) is 0 Å². The topological polar surface area (TPSA) is 76.1 Å². The summed E-state index contributed by atoms with van der Waals surface area (Å²) in [5.41, 5.74) is 8.57. The van der Waals surface area contributed by atoms with Crippen LogP contribution in [0.25, 0.3) is 56.2 Å². The molecule has 0 aliphatic heterocycles. The van der Waals surface area contributed by atoms with Gasteiger partial charge in [-0.15, -0.1) is 0 Å². The van der Waals surface area contributed by atoms with E-state index < -0.39 is 0 Å². The van der Waals surface area contributed by atoms with Gasteiger partial charge < -0.3 is 10.2 Å². The number of hydrogen-bond acceptors (Lipinski definition) is 4. The summed E-state index contributed by atoms with van der Waals surface area (Å²) in [4.78, 5) is 9.49. The fraction of sp³-hybridized carbons (Fsp3) is 0.0256. The second-order valence-corrected chi connectivity index (χ2v) is 10.7. The molecule has 2 radical (unpaired) electrons. The van der Waals surface area contributed by atoms with Gasteiger partial charge in [0.25, 0.3) is 0 Å². The fourth-order valence-electron chi connectivity index (χ4n) is 5.64. The van der Waals surface area contributed by atoms with Gasteiger partial charge in [0.15, 0.2) is 0 Å². The largest absolute Gasteiger partial charge is 0.507 e. The van der Waals surface area contributed by atoms with Crippen molar-refractivity contribution in [1.82, 2.24) is 19.1 Å². The molecule has 0 unspecified atom stereocenters. The van der Waals surface area contributed by atoms with Gasteiger partial charge in [-0.2, -0.15) is 0 Å². The minimum absolute atomic E-state index is 0. The number of phenolic OH excluding ortho intramolecular Hbond substituents is 2. The number of para-hydroxylation sites is 8. The van der Waals surface area contributed by atoms with E-state index in [-0.39, 0.29) is 111 Å². The number of aryl methyl sites for hydroxylation is 1. The van der Waals surface area contributed by atoms with Gasteiger partial charge >= 0.3 is 0 Å². The Morgan fingerprint density at radius 3 is 1.39 bits per heavy atom. The average molecular weight is 1160 g/mol. The Morgan fingerprint density at radius 1 is 0.449 bits per heavy atom. The van der Waals surface area contributed by atoms with E-state index >= 15 is 0 Å². The number of nitrogens with zero attached hydrogens (tertiary/aromatic N) is 4. The smallest absolute Gasteiger partial charge is 0.149 e. The Kier molecular flexibility index (Phi) is 15.2. The maximum Gasteiger partial charge on any atom is 0.149 e. The molecule has 0 bridgehead atoms. The molecular formula is C39H30N4O2U2V2. The Morgan fingerprint density at radius 2 is 0.857 bits per heavy atom. The Balaban J connectivity index is 0.000000246. The van der Waals surface area contributed by atoms with E-state index in [2.05, 4.69) is 34.3 Å². The molecule has 0 fully saturated rings. The van der Waals surface area contributed by atoms with Crippen molar-refractivity contribution < 1.29 is 110 Å². The molecule has 0 saturated carbocycles. The normalized spacial score (nSPS) is 10.1. The number of benzene rings is 6. The first-order chi connectivity index (χ1) is 22.1. The molecular weight excluding hydrogens is 1130 g/mol. The molecule has 236 valence electrons. The van der Waals surface area contributed by atoms with Crippen LogP contribution in [0.3, 0.4) is 0 Å². The molecule has 10 heteroatoms. The van der Waals surface area contributed by atoms with E-state index in [1.54, 1.807) is 12.1 Å². The van der Waals surface area contributed by atoms with E-state index in [4.69, 9.17) is 9.97 Å². The van der Waals surface area contributed by atoms with Crippen LogP contribution in [-0.4, -0.2) is 29.3 Å². The van der Waals surface area contributed by atoms with Gasteiger partial charge in [0.05, 0.1) is 38.9 Å². The monoisotopic (exact) mass is 1160 g/mol. The van der Waals surface area contributed by atoms with Gasteiger partial charge in [0, 0.05) is 105 Å². The van der Waals surface area contributed by atoms with Gasteiger partial charge in [-0.1, -0.05) is 84.9 Å². The summed E-state index contributed by atoms with van der Waals surface area (Å²) < 4.78 is 4.18. The molecule has 2 heterocycles. The molecule has 6 nitrogen and oxygen atoms in total. The number of imidazole rings is 2. The Hall–Kier alpha value is -2.87. The van der Waals surface area contributed by atoms with Crippen LogP contribution in [0.4, 0.5) is 0 Å². The number of phenols is 2. The number of aromatic hydroxyl groups is 2. The molecule has 8 aromatic rings. The fourth-order valence-corrected chi connectivity index (χ4v) is 5.64. The zero-order valence-corrected chi connectivity index (χ0v) is 37.6. The summed E-state index contributed by atoms with van der Waals surface area (Å²) in [6, 6.07) is 48.9. The predicted octanol–water partition coefficient (Wildman–Crippen LogP) is 9.10. The first kappa shape index (κ1) is 40.6. The summed E-state index contributed by atoms with van der Waals surface area (Å²) >= 11 is 0. The zero-order valence-electron chi connectivity index (χ0n) is 26.5. The molecule has 0 spiro atoms. The number of hydrogen-bond donors (Lipinski definition) is 2. The molecule has 2 N–H and O–H groups in total. The quantitative estimate of drug-likeness (QED) is 0.185. The van der Waals surface area contributed by atoms with Crippen LogP contribution >= 0.6 is 0 Å². The van der Waals surface area contributed by atoms with Gasteiger partial charge in [-0.25, -0.2) is 9.97 Å². The molecule has 0 aliphatic carbocycles. The molecule has 6 aromatic carbocycles. The van der Waals surface area contributed by atoms with Crippen molar-refractivity contribution >= 4 is 22.1 Å². The van der Waals surface area contributed by atoms with E-state index in [0.29, 0.717) is 0 Å². The molecule has 0 saturated heterocycles. The number of fused-ring (bicyclic) bond motifs is 2. The van der Waals surface area contributed by atoms with Crippen molar-refractivity contribution in [2.24, 2.45) is 0 Å². The summed E-state index contributed by atoms with van der Waals surface area (Å²) in [5, 5.41) is 20.5.